The van der Waals surface area contributed by atoms with E-state index in [1.807, 2.05) is 6.20 Å². The zero-order valence-electron chi connectivity index (χ0n) is 15.6. The number of rotatable bonds is 6. The summed E-state index contributed by atoms with van der Waals surface area (Å²) in [5, 5.41) is 7.23. The lowest BCUT2D eigenvalue weighted by atomic mass is 9.98. The molecule has 0 amide bonds. The second kappa shape index (κ2) is 10.9. The number of sulfonamides is 1. The number of alkyl halides is 3. The molecule has 0 unspecified atom stereocenters. The van der Waals surface area contributed by atoms with Gasteiger partial charge >= 0.3 is 15.5 Å². The van der Waals surface area contributed by atoms with E-state index in [9.17, 15) is 21.6 Å². The molecule has 7 nitrogen and oxygen atoms in total. The van der Waals surface area contributed by atoms with Gasteiger partial charge in [-0.25, -0.2) is 13.4 Å². The quantitative estimate of drug-likeness (QED) is 0.320. The zero-order valence-corrected chi connectivity index (χ0v) is 19.6. The Morgan fingerprint density at radius 3 is 2.50 bits per heavy atom. The van der Waals surface area contributed by atoms with Crippen LogP contribution < -0.4 is 10.6 Å². The summed E-state index contributed by atoms with van der Waals surface area (Å²) in [6, 6.07) is 0. The number of piperidine rings is 1. The van der Waals surface area contributed by atoms with Crippen LogP contribution in [0.15, 0.2) is 11.2 Å². The first-order valence-corrected chi connectivity index (χ1v) is 10.9. The Balaban J connectivity index is 0.00000392. The number of aromatic nitrogens is 1. The number of aryl methyl sites for hydroxylation is 1. The molecule has 13 heteroatoms. The van der Waals surface area contributed by atoms with Gasteiger partial charge in [0, 0.05) is 37.8 Å². The maximum absolute atomic E-state index is 12.6. The molecule has 2 heterocycles. The minimum atomic E-state index is -5.24. The molecule has 0 aromatic carbocycles. The molecule has 1 fully saturated rings. The Morgan fingerprint density at radius 2 is 2.00 bits per heavy atom. The second-order valence-electron chi connectivity index (χ2n) is 6.17. The first kappa shape index (κ1) is 25.4. The van der Waals surface area contributed by atoms with Crippen molar-refractivity contribution in [2.45, 2.75) is 38.2 Å². The van der Waals surface area contributed by atoms with Crippen molar-refractivity contribution >= 4 is 51.3 Å². The molecule has 1 saturated heterocycles. The van der Waals surface area contributed by atoms with Crippen molar-refractivity contribution in [1.29, 1.82) is 0 Å². The highest BCUT2D eigenvalue weighted by Crippen LogP contribution is 2.30. The fraction of sp³-hybridized carbons (Fsp3) is 0.733. The lowest BCUT2D eigenvalue weighted by Crippen LogP contribution is -2.47. The molecule has 28 heavy (non-hydrogen) atoms. The minimum absolute atomic E-state index is 0. The summed E-state index contributed by atoms with van der Waals surface area (Å²) in [5.41, 5.74) is -5.24. The Labute approximate surface area is 184 Å². The van der Waals surface area contributed by atoms with Crippen LogP contribution in [0.2, 0.25) is 0 Å². The monoisotopic (exact) mass is 555 g/mol. The third kappa shape index (κ3) is 6.69. The van der Waals surface area contributed by atoms with Gasteiger partial charge in [0.25, 0.3) is 0 Å². The predicted molar refractivity (Wildman–Crippen MR) is 114 cm³/mol. The normalized spacial score (nSPS) is 17.2. The number of aliphatic imine (C=N–C) groups is 1. The molecule has 2 rings (SSSR count). The molecule has 1 aromatic heterocycles. The maximum atomic E-state index is 12.6. The highest BCUT2D eigenvalue weighted by atomic mass is 127. The van der Waals surface area contributed by atoms with Gasteiger partial charge in [0.2, 0.25) is 0 Å². The minimum Gasteiger partial charge on any atom is -0.356 e. The van der Waals surface area contributed by atoms with Crippen molar-refractivity contribution in [3.8, 4) is 0 Å². The van der Waals surface area contributed by atoms with Crippen molar-refractivity contribution < 1.29 is 21.6 Å². The molecule has 0 bridgehead atoms. The molecule has 1 aromatic rings. The Hall–Kier alpha value is -0.670. The van der Waals surface area contributed by atoms with Gasteiger partial charge in [-0.2, -0.15) is 17.5 Å². The summed E-state index contributed by atoms with van der Waals surface area (Å²) in [7, 11) is -3.60. The standard InChI is InChI=1S/C15H24F3N5O2S2.HI/c1-3-12-9-20-13(26-12)10-22-14(19-2)21-8-11-4-6-23(7-5-11)27(24,25)15(16,17)18;/h9,11H,3-8,10H2,1-2H3,(H2,19,21,22);1H. The molecular weight excluding hydrogens is 530 g/mol. The molecular formula is C15H25F3IN5O2S2. The summed E-state index contributed by atoms with van der Waals surface area (Å²) < 4.78 is 61.1. The van der Waals surface area contributed by atoms with Crippen molar-refractivity contribution in [3.05, 3.63) is 16.1 Å². The van der Waals surface area contributed by atoms with Crippen molar-refractivity contribution in [2.75, 3.05) is 26.7 Å². The third-order valence-corrected chi connectivity index (χ3v) is 7.12. The highest BCUT2D eigenvalue weighted by Gasteiger charge is 2.50. The van der Waals surface area contributed by atoms with Crippen LogP contribution in [0, 0.1) is 5.92 Å². The Kier molecular flexibility index (Phi) is 9.89. The SMILES string of the molecule is CCc1cnc(CNC(=NC)NCC2CCN(S(=O)(=O)C(F)(F)F)CC2)s1.I. The largest absolute Gasteiger partial charge is 0.511 e. The van der Waals surface area contributed by atoms with Gasteiger partial charge in [0.05, 0.1) is 6.54 Å². The fourth-order valence-electron chi connectivity index (χ4n) is 2.71. The maximum Gasteiger partial charge on any atom is 0.511 e. The summed E-state index contributed by atoms with van der Waals surface area (Å²) >= 11 is 1.63. The number of thiazole rings is 1. The first-order valence-electron chi connectivity index (χ1n) is 8.62. The van der Waals surface area contributed by atoms with Crippen molar-refractivity contribution in [1.82, 2.24) is 19.9 Å². The smallest absolute Gasteiger partial charge is 0.356 e. The van der Waals surface area contributed by atoms with Gasteiger partial charge < -0.3 is 10.6 Å². The van der Waals surface area contributed by atoms with Gasteiger partial charge in [0.15, 0.2) is 5.96 Å². The molecule has 0 spiro atoms. The Morgan fingerprint density at radius 1 is 1.36 bits per heavy atom. The predicted octanol–water partition coefficient (Wildman–Crippen LogP) is 2.55. The van der Waals surface area contributed by atoms with E-state index in [1.165, 1.54) is 4.88 Å². The van der Waals surface area contributed by atoms with Gasteiger partial charge in [-0.3, -0.25) is 4.99 Å². The van der Waals surface area contributed by atoms with Gasteiger partial charge in [-0.05, 0) is 25.2 Å². The molecule has 162 valence electrons. The van der Waals surface area contributed by atoms with Crippen LogP contribution in [0.3, 0.4) is 0 Å². The van der Waals surface area contributed by atoms with E-state index >= 15 is 0 Å². The molecule has 0 atom stereocenters. The second-order valence-corrected chi connectivity index (χ2v) is 9.30. The first-order chi connectivity index (χ1) is 12.7. The van der Waals surface area contributed by atoms with Crippen LogP contribution in [0.1, 0.15) is 29.7 Å². The Bertz CT molecular complexity index is 747. The molecule has 0 radical (unpaired) electrons. The van der Waals surface area contributed by atoms with Crippen LogP contribution in [-0.4, -0.2) is 55.9 Å². The van der Waals surface area contributed by atoms with E-state index in [0.717, 1.165) is 11.4 Å². The summed E-state index contributed by atoms with van der Waals surface area (Å²) in [5.74, 6) is 0.656. The summed E-state index contributed by atoms with van der Waals surface area (Å²) in [6.07, 6.45) is 3.52. The topological polar surface area (TPSA) is 86.7 Å². The van der Waals surface area contributed by atoms with Crippen LogP contribution >= 0.6 is 35.3 Å². The van der Waals surface area contributed by atoms with E-state index in [4.69, 9.17) is 0 Å². The average Bonchev–Trinajstić information content (AvgIpc) is 3.09. The third-order valence-electron chi connectivity index (χ3n) is 4.34. The molecule has 2 N–H and O–H groups in total. The van der Waals surface area contributed by atoms with E-state index in [2.05, 4.69) is 27.5 Å². The van der Waals surface area contributed by atoms with Crippen molar-refractivity contribution in [3.63, 3.8) is 0 Å². The lowest BCUT2D eigenvalue weighted by Gasteiger charge is -2.31. The van der Waals surface area contributed by atoms with Crippen LogP contribution in [0.4, 0.5) is 13.2 Å². The summed E-state index contributed by atoms with van der Waals surface area (Å²) in [4.78, 5) is 9.63. The van der Waals surface area contributed by atoms with E-state index in [-0.39, 0.29) is 43.0 Å². The van der Waals surface area contributed by atoms with Crippen molar-refractivity contribution in [2.24, 2.45) is 10.9 Å². The highest BCUT2D eigenvalue weighted by molar-refractivity contribution is 14.0. The zero-order chi connectivity index (χ0) is 20.1. The van der Waals surface area contributed by atoms with E-state index in [1.54, 1.807) is 18.4 Å². The molecule has 1 aliphatic rings. The van der Waals surface area contributed by atoms with E-state index < -0.39 is 15.5 Å². The summed E-state index contributed by atoms with van der Waals surface area (Å²) in [6.45, 7) is 2.86. The van der Waals surface area contributed by atoms with Gasteiger partial charge in [0.1, 0.15) is 5.01 Å². The van der Waals surface area contributed by atoms with E-state index in [0.29, 0.717) is 36.2 Å². The molecule has 0 saturated carbocycles. The fourth-order valence-corrected chi connectivity index (χ4v) is 4.50. The molecule has 0 aliphatic carbocycles. The number of nitrogens with zero attached hydrogens (tertiary/aromatic N) is 3. The number of hydrogen-bond donors (Lipinski definition) is 2. The number of hydrogen-bond acceptors (Lipinski definition) is 5. The number of nitrogens with one attached hydrogen (secondary N) is 2. The average molecular weight is 555 g/mol. The van der Waals surface area contributed by atoms with Crippen LogP contribution in [0.25, 0.3) is 0 Å². The number of halogens is 4. The molecule has 1 aliphatic heterocycles. The lowest BCUT2D eigenvalue weighted by molar-refractivity contribution is -0.0496. The number of guanidine groups is 1. The van der Waals surface area contributed by atoms with Crippen LogP contribution in [0.5, 0.6) is 0 Å². The van der Waals surface area contributed by atoms with Gasteiger partial charge in [-0.15, -0.1) is 35.3 Å². The van der Waals surface area contributed by atoms with Crippen LogP contribution in [-0.2, 0) is 23.0 Å². The van der Waals surface area contributed by atoms with Gasteiger partial charge in [-0.1, -0.05) is 6.92 Å².